The highest BCUT2D eigenvalue weighted by Gasteiger charge is 2.43. The number of carbonyl (C=O) groups is 2. The van der Waals surface area contributed by atoms with E-state index in [1.54, 1.807) is 37.9 Å². The van der Waals surface area contributed by atoms with Gasteiger partial charge in [-0.2, -0.15) is 0 Å². The SMILES string of the molecule is CN1CCN(C2COC2)C(c2ccc(CC(C)(C)NC(=O)O)cc2[N+](=O)[O-])C1=O. The predicted molar refractivity (Wildman–Crippen MR) is 104 cm³/mol. The Hall–Kier alpha value is -2.72. The smallest absolute Gasteiger partial charge is 0.405 e. The number of amides is 2. The Balaban J connectivity index is 1.96. The molecule has 1 aromatic carbocycles. The van der Waals surface area contributed by atoms with Crippen molar-refractivity contribution in [2.24, 2.45) is 0 Å². The van der Waals surface area contributed by atoms with Crippen LogP contribution in [0, 0.1) is 10.1 Å². The molecule has 29 heavy (non-hydrogen) atoms. The molecule has 158 valence electrons. The number of nitro benzene ring substituents is 1. The van der Waals surface area contributed by atoms with Gasteiger partial charge < -0.3 is 20.1 Å². The number of nitrogens with zero attached hydrogens (tertiary/aromatic N) is 3. The molecule has 10 heteroatoms. The predicted octanol–water partition coefficient (Wildman–Crippen LogP) is 1.40. The van der Waals surface area contributed by atoms with Gasteiger partial charge in [-0.05, 0) is 31.9 Å². The first-order chi connectivity index (χ1) is 13.6. The lowest BCUT2D eigenvalue weighted by Gasteiger charge is -2.46. The van der Waals surface area contributed by atoms with E-state index in [4.69, 9.17) is 9.84 Å². The quantitative estimate of drug-likeness (QED) is 0.540. The summed E-state index contributed by atoms with van der Waals surface area (Å²) < 4.78 is 5.26. The van der Waals surface area contributed by atoms with Crippen LogP contribution < -0.4 is 5.32 Å². The van der Waals surface area contributed by atoms with Gasteiger partial charge in [0.25, 0.3) is 5.69 Å². The van der Waals surface area contributed by atoms with Gasteiger partial charge in [-0.1, -0.05) is 6.07 Å². The highest BCUT2D eigenvalue weighted by molar-refractivity contribution is 5.85. The van der Waals surface area contributed by atoms with Gasteiger partial charge in [0.05, 0.1) is 29.7 Å². The molecule has 2 heterocycles. The Morgan fingerprint density at radius 1 is 1.38 bits per heavy atom. The van der Waals surface area contributed by atoms with E-state index >= 15 is 0 Å². The number of piperazine rings is 1. The van der Waals surface area contributed by atoms with Gasteiger partial charge in [-0.3, -0.25) is 19.8 Å². The fourth-order valence-electron chi connectivity index (χ4n) is 3.91. The largest absolute Gasteiger partial charge is 0.465 e. The van der Waals surface area contributed by atoms with E-state index in [2.05, 4.69) is 5.32 Å². The first kappa shape index (κ1) is 21.0. The first-order valence-electron chi connectivity index (χ1n) is 9.46. The molecule has 1 aromatic rings. The van der Waals surface area contributed by atoms with E-state index in [0.29, 0.717) is 37.4 Å². The number of carbonyl (C=O) groups excluding carboxylic acids is 1. The second-order valence-electron chi connectivity index (χ2n) is 8.23. The molecule has 2 fully saturated rings. The molecule has 0 aliphatic carbocycles. The molecule has 2 N–H and O–H groups in total. The topological polar surface area (TPSA) is 125 Å². The summed E-state index contributed by atoms with van der Waals surface area (Å²) in [5.74, 6) is -0.174. The lowest BCUT2D eigenvalue weighted by Crippen LogP contribution is -2.59. The van der Waals surface area contributed by atoms with E-state index in [-0.39, 0.29) is 24.1 Å². The molecule has 0 aromatic heterocycles. The summed E-state index contributed by atoms with van der Waals surface area (Å²) in [6.45, 7) is 5.61. The fraction of sp³-hybridized carbons (Fsp3) is 0.579. The Bertz CT molecular complexity index is 823. The van der Waals surface area contributed by atoms with Crippen molar-refractivity contribution in [1.82, 2.24) is 15.1 Å². The van der Waals surface area contributed by atoms with Crippen LogP contribution in [0.15, 0.2) is 18.2 Å². The molecule has 0 spiro atoms. The third-order valence-corrected chi connectivity index (χ3v) is 5.40. The number of ether oxygens (including phenoxy) is 1. The fourth-order valence-corrected chi connectivity index (χ4v) is 3.91. The van der Waals surface area contributed by atoms with E-state index in [0.717, 1.165) is 0 Å². The molecular weight excluding hydrogens is 380 g/mol. The van der Waals surface area contributed by atoms with Crippen LogP contribution in [0.25, 0.3) is 0 Å². The number of rotatable bonds is 6. The van der Waals surface area contributed by atoms with Crippen LogP contribution in [0.3, 0.4) is 0 Å². The number of hydrogen-bond acceptors (Lipinski definition) is 6. The van der Waals surface area contributed by atoms with E-state index in [9.17, 15) is 19.7 Å². The lowest BCUT2D eigenvalue weighted by atomic mass is 9.91. The van der Waals surface area contributed by atoms with Crippen LogP contribution in [0.2, 0.25) is 0 Å². The van der Waals surface area contributed by atoms with Crippen molar-refractivity contribution < 1.29 is 24.4 Å². The van der Waals surface area contributed by atoms with Gasteiger partial charge in [0, 0.05) is 31.7 Å². The number of carboxylic acid groups (broad SMARTS) is 1. The molecule has 2 aliphatic heterocycles. The lowest BCUT2D eigenvalue weighted by molar-refractivity contribution is -0.386. The summed E-state index contributed by atoms with van der Waals surface area (Å²) in [6, 6.07) is 4.12. The maximum absolute atomic E-state index is 12.9. The van der Waals surface area contributed by atoms with E-state index in [1.807, 2.05) is 4.90 Å². The van der Waals surface area contributed by atoms with Crippen molar-refractivity contribution in [3.63, 3.8) is 0 Å². The van der Waals surface area contributed by atoms with Crippen molar-refractivity contribution >= 4 is 17.7 Å². The molecule has 1 unspecified atom stereocenters. The molecule has 2 aliphatic rings. The molecule has 3 rings (SSSR count). The molecule has 0 radical (unpaired) electrons. The van der Waals surface area contributed by atoms with Crippen LogP contribution in [-0.2, 0) is 16.0 Å². The normalized spacial score (nSPS) is 21.0. The molecule has 1 atom stereocenters. The molecular formula is C19H26N4O6. The highest BCUT2D eigenvalue weighted by Crippen LogP contribution is 2.36. The van der Waals surface area contributed by atoms with Gasteiger partial charge in [-0.25, -0.2) is 4.79 Å². The highest BCUT2D eigenvalue weighted by atomic mass is 16.6. The zero-order valence-electron chi connectivity index (χ0n) is 16.8. The average Bonchev–Trinajstić information content (AvgIpc) is 2.55. The van der Waals surface area contributed by atoms with Crippen molar-refractivity contribution in [3.8, 4) is 0 Å². The summed E-state index contributed by atoms with van der Waals surface area (Å²) in [4.78, 5) is 38.8. The molecule has 10 nitrogen and oxygen atoms in total. The summed E-state index contributed by atoms with van der Waals surface area (Å²) in [5.41, 5.74) is 0.0465. The van der Waals surface area contributed by atoms with Gasteiger partial charge in [0.2, 0.25) is 5.91 Å². The number of hydrogen-bond donors (Lipinski definition) is 2. The van der Waals surface area contributed by atoms with E-state index in [1.165, 1.54) is 6.07 Å². The molecule has 2 saturated heterocycles. The summed E-state index contributed by atoms with van der Waals surface area (Å²) >= 11 is 0. The van der Waals surface area contributed by atoms with Crippen molar-refractivity contribution in [1.29, 1.82) is 0 Å². The minimum atomic E-state index is -1.16. The Kier molecular flexibility index (Phi) is 5.76. The zero-order valence-corrected chi connectivity index (χ0v) is 16.8. The molecule has 0 saturated carbocycles. The van der Waals surface area contributed by atoms with Crippen LogP contribution in [0.1, 0.15) is 31.0 Å². The average molecular weight is 406 g/mol. The maximum atomic E-state index is 12.9. The minimum absolute atomic E-state index is 0.0654. The standard InChI is InChI=1S/C19H26N4O6/c1-19(2,20-18(25)26)9-12-4-5-14(15(8-12)23(27)28)16-17(24)21(3)6-7-22(16)13-10-29-11-13/h4-5,8,13,16,20H,6-7,9-11H2,1-3H3,(H,25,26). The van der Waals surface area contributed by atoms with Crippen molar-refractivity contribution in [2.75, 3.05) is 33.4 Å². The van der Waals surface area contributed by atoms with Crippen LogP contribution >= 0.6 is 0 Å². The summed E-state index contributed by atoms with van der Waals surface area (Å²) in [7, 11) is 1.70. The molecule has 0 bridgehead atoms. The van der Waals surface area contributed by atoms with Gasteiger partial charge in [0.1, 0.15) is 6.04 Å². The number of nitrogens with one attached hydrogen (secondary N) is 1. The van der Waals surface area contributed by atoms with Crippen LogP contribution in [-0.4, -0.2) is 76.8 Å². The third-order valence-electron chi connectivity index (χ3n) is 5.40. The summed E-state index contributed by atoms with van der Waals surface area (Å²) in [5, 5.41) is 23.2. The monoisotopic (exact) mass is 406 g/mol. The number of nitro groups is 1. The summed E-state index contributed by atoms with van der Waals surface area (Å²) in [6.07, 6.45) is -0.880. The van der Waals surface area contributed by atoms with Gasteiger partial charge in [-0.15, -0.1) is 0 Å². The van der Waals surface area contributed by atoms with Crippen molar-refractivity contribution in [2.45, 2.75) is 37.9 Å². The molecule has 2 amide bonds. The second-order valence-corrected chi connectivity index (χ2v) is 8.23. The Morgan fingerprint density at radius 3 is 2.62 bits per heavy atom. The number of benzene rings is 1. The van der Waals surface area contributed by atoms with Crippen LogP contribution in [0.5, 0.6) is 0 Å². The Morgan fingerprint density at radius 2 is 2.07 bits per heavy atom. The maximum Gasteiger partial charge on any atom is 0.405 e. The first-order valence-corrected chi connectivity index (χ1v) is 9.46. The van der Waals surface area contributed by atoms with Gasteiger partial charge in [0.15, 0.2) is 0 Å². The van der Waals surface area contributed by atoms with Gasteiger partial charge >= 0.3 is 6.09 Å². The third kappa shape index (κ3) is 4.48. The van der Waals surface area contributed by atoms with E-state index < -0.39 is 22.6 Å². The number of likely N-dealkylation sites (N-methyl/N-ethyl adjacent to an activating group) is 1. The minimum Gasteiger partial charge on any atom is -0.465 e. The van der Waals surface area contributed by atoms with Crippen LogP contribution in [0.4, 0.5) is 10.5 Å². The van der Waals surface area contributed by atoms with Crippen molar-refractivity contribution in [3.05, 3.63) is 39.4 Å². The Labute approximate surface area is 168 Å². The second kappa shape index (κ2) is 7.96. The zero-order chi connectivity index (χ0) is 21.3.